The highest BCUT2D eigenvalue weighted by Gasteiger charge is 2.46. The van der Waals surface area contributed by atoms with E-state index in [-0.39, 0.29) is 5.92 Å². The lowest BCUT2D eigenvalue weighted by molar-refractivity contribution is -0.133. The molecular formula is C21H22N4O2. The Hall–Kier alpha value is -2.89. The monoisotopic (exact) mass is 362 g/mol. The first-order chi connectivity index (χ1) is 13.2. The fraction of sp³-hybridized carbons (Fsp3) is 0.381. The first-order valence-corrected chi connectivity index (χ1v) is 9.52. The van der Waals surface area contributed by atoms with Gasteiger partial charge in [-0.15, -0.1) is 0 Å². The second-order valence-electron chi connectivity index (χ2n) is 7.44. The van der Waals surface area contributed by atoms with Gasteiger partial charge in [0.1, 0.15) is 0 Å². The largest absolute Gasteiger partial charge is 0.422 e. The highest BCUT2D eigenvalue weighted by molar-refractivity contribution is 5.83. The van der Waals surface area contributed by atoms with Crippen LogP contribution in [-0.2, 0) is 4.79 Å². The van der Waals surface area contributed by atoms with Gasteiger partial charge in [-0.25, -0.2) is 4.98 Å². The van der Waals surface area contributed by atoms with E-state index in [4.69, 9.17) is 4.42 Å². The number of anilines is 1. The highest BCUT2D eigenvalue weighted by atomic mass is 16.4. The quantitative estimate of drug-likeness (QED) is 0.717. The molecule has 1 saturated carbocycles. The van der Waals surface area contributed by atoms with E-state index in [1.54, 1.807) is 0 Å². The van der Waals surface area contributed by atoms with Crippen LogP contribution in [0.25, 0.3) is 11.2 Å². The van der Waals surface area contributed by atoms with Crippen molar-refractivity contribution in [3.8, 4) is 0 Å². The van der Waals surface area contributed by atoms with Crippen LogP contribution in [0.1, 0.15) is 23.6 Å². The zero-order valence-electron chi connectivity index (χ0n) is 15.3. The zero-order valence-corrected chi connectivity index (χ0v) is 15.3. The van der Waals surface area contributed by atoms with Crippen LogP contribution in [0.4, 0.5) is 6.01 Å². The first kappa shape index (κ1) is 16.3. The van der Waals surface area contributed by atoms with Crippen molar-refractivity contribution in [1.82, 2.24) is 14.9 Å². The molecule has 5 rings (SSSR count). The molecule has 3 heterocycles. The predicted molar refractivity (Wildman–Crippen MR) is 103 cm³/mol. The summed E-state index contributed by atoms with van der Waals surface area (Å²) >= 11 is 0. The molecular weight excluding hydrogens is 340 g/mol. The van der Waals surface area contributed by atoms with Gasteiger partial charge >= 0.3 is 0 Å². The molecule has 0 bridgehead atoms. The zero-order chi connectivity index (χ0) is 18.4. The molecule has 2 aliphatic rings. The van der Waals surface area contributed by atoms with E-state index in [2.05, 4.69) is 27.0 Å². The summed E-state index contributed by atoms with van der Waals surface area (Å²) in [5.41, 5.74) is 3.56. The summed E-state index contributed by atoms with van der Waals surface area (Å²) in [7, 11) is 0. The molecule has 0 N–H and O–H groups in total. The van der Waals surface area contributed by atoms with Gasteiger partial charge in [-0.2, -0.15) is 4.98 Å². The van der Waals surface area contributed by atoms with Gasteiger partial charge in [0, 0.05) is 37.8 Å². The summed E-state index contributed by atoms with van der Waals surface area (Å²) < 4.78 is 5.84. The number of hydrogen-bond donors (Lipinski definition) is 0. The topological polar surface area (TPSA) is 62.5 Å². The van der Waals surface area contributed by atoms with Gasteiger partial charge in [0.25, 0.3) is 6.01 Å². The van der Waals surface area contributed by atoms with Gasteiger partial charge in [-0.05, 0) is 37.0 Å². The van der Waals surface area contributed by atoms with Crippen LogP contribution in [0.5, 0.6) is 0 Å². The lowest BCUT2D eigenvalue weighted by Crippen LogP contribution is -2.49. The van der Waals surface area contributed by atoms with Crippen molar-refractivity contribution in [1.29, 1.82) is 0 Å². The first-order valence-electron chi connectivity index (χ1n) is 9.52. The molecule has 0 spiro atoms. The molecule has 0 radical (unpaired) electrons. The van der Waals surface area contributed by atoms with E-state index in [1.807, 2.05) is 42.2 Å². The van der Waals surface area contributed by atoms with Crippen LogP contribution in [0.2, 0.25) is 0 Å². The van der Waals surface area contributed by atoms with Crippen LogP contribution in [-0.4, -0.2) is 47.0 Å². The number of aromatic nitrogens is 2. The molecule has 3 aromatic rings. The average molecular weight is 362 g/mol. The molecule has 2 aromatic heterocycles. The number of oxazole rings is 1. The average Bonchev–Trinajstić information content (AvgIpc) is 3.40. The van der Waals surface area contributed by atoms with E-state index in [9.17, 15) is 4.79 Å². The molecule has 1 aliphatic carbocycles. The SMILES string of the molecule is Cc1ccc2oc(N3CCN(C(=O)[C@H]4C[C@@H]4c4ccccc4)CC3)nc2n1. The molecule has 1 aromatic carbocycles. The van der Waals surface area contributed by atoms with Gasteiger partial charge in [-0.1, -0.05) is 30.3 Å². The number of piperazine rings is 1. The van der Waals surface area contributed by atoms with Gasteiger partial charge in [0.15, 0.2) is 5.58 Å². The number of amides is 1. The molecule has 27 heavy (non-hydrogen) atoms. The minimum Gasteiger partial charge on any atom is -0.422 e. The van der Waals surface area contributed by atoms with Crippen molar-refractivity contribution in [3.63, 3.8) is 0 Å². The normalized spacial score (nSPS) is 22.3. The Morgan fingerprint density at radius 2 is 1.81 bits per heavy atom. The summed E-state index contributed by atoms with van der Waals surface area (Å²) in [4.78, 5) is 25.8. The van der Waals surface area contributed by atoms with Crippen molar-refractivity contribution in [2.75, 3.05) is 31.1 Å². The predicted octanol–water partition coefficient (Wildman–Crippen LogP) is 2.98. The minimum absolute atomic E-state index is 0.149. The van der Waals surface area contributed by atoms with Crippen molar-refractivity contribution < 1.29 is 9.21 Å². The van der Waals surface area contributed by atoms with Crippen LogP contribution in [0.15, 0.2) is 46.9 Å². The van der Waals surface area contributed by atoms with Gasteiger partial charge in [0.2, 0.25) is 11.6 Å². The third kappa shape index (κ3) is 3.05. The second kappa shape index (κ2) is 6.37. The Morgan fingerprint density at radius 1 is 1.04 bits per heavy atom. The number of rotatable bonds is 3. The molecule has 1 aliphatic heterocycles. The third-order valence-electron chi connectivity index (χ3n) is 5.58. The van der Waals surface area contributed by atoms with Crippen molar-refractivity contribution in [2.45, 2.75) is 19.3 Å². The molecule has 6 nitrogen and oxygen atoms in total. The summed E-state index contributed by atoms with van der Waals surface area (Å²) in [5, 5.41) is 0. The number of carbonyl (C=O) groups is 1. The van der Waals surface area contributed by atoms with E-state index in [0.29, 0.717) is 42.2 Å². The summed E-state index contributed by atoms with van der Waals surface area (Å²) in [6.07, 6.45) is 0.971. The minimum atomic E-state index is 0.149. The third-order valence-corrected chi connectivity index (χ3v) is 5.58. The Labute approximate surface area is 157 Å². The maximum Gasteiger partial charge on any atom is 0.300 e. The summed E-state index contributed by atoms with van der Waals surface area (Å²) in [6, 6.07) is 14.8. The van der Waals surface area contributed by atoms with Crippen molar-refractivity contribution in [2.24, 2.45) is 5.92 Å². The summed E-state index contributed by atoms with van der Waals surface area (Å²) in [5.74, 6) is 0.830. The smallest absolute Gasteiger partial charge is 0.300 e. The number of nitrogens with zero attached hydrogens (tertiary/aromatic N) is 4. The van der Waals surface area contributed by atoms with Crippen LogP contribution in [0, 0.1) is 12.8 Å². The number of carbonyl (C=O) groups excluding carboxylic acids is 1. The second-order valence-corrected chi connectivity index (χ2v) is 7.44. The van der Waals surface area contributed by atoms with Gasteiger partial charge in [-0.3, -0.25) is 4.79 Å². The number of hydrogen-bond acceptors (Lipinski definition) is 5. The van der Waals surface area contributed by atoms with E-state index >= 15 is 0 Å². The number of aryl methyl sites for hydroxylation is 1. The maximum atomic E-state index is 12.8. The van der Waals surface area contributed by atoms with E-state index < -0.39 is 0 Å². The molecule has 0 unspecified atom stereocenters. The van der Waals surface area contributed by atoms with Gasteiger partial charge in [0.05, 0.1) is 0 Å². The lowest BCUT2D eigenvalue weighted by atomic mass is 10.1. The molecule has 138 valence electrons. The number of fused-ring (bicyclic) bond motifs is 1. The van der Waals surface area contributed by atoms with Crippen molar-refractivity contribution >= 4 is 23.2 Å². The molecule has 1 saturated heterocycles. The highest BCUT2D eigenvalue weighted by Crippen LogP contribution is 2.48. The van der Waals surface area contributed by atoms with Crippen LogP contribution >= 0.6 is 0 Å². The van der Waals surface area contributed by atoms with Crippen LogP contribution < -0.4 is 4.90 Å². The Balaban J connectivity index is 1.22. The standard InChI is InChI=1S/C21H22N4O2/c1-14-7-8-18-19(22-14)23-21(27-18)25-11-9-24(10-12-25)20(26)17-13-16(17)15-5-3-2-4-6-15/h2-8,16-17H,9-13H2,1H3/t16-,17+/m1/s1. The van der Waals surface area contributed by atoms with Crippen LogP contribution in [0.3, 0.4) is 0 Å². The Kier molecular flexibility index (Phi) is 3.85. The molecule has 6 heteroatoms. The fourth-order valence-corrected chi connectivity index (χ4v) is 3.93. The Morgan fingerprint density at radius 3 is 2.59 bits per heavy atom. The lowest BCUT2D eigenvalue weighted by Gasteiger charge is -2.34. The van der Waals surface area contributed by atoms with Gasteiger partial charge < -0.3 is 14.2 Å². The maximum absolute atomic E-state index is 12.8. The number of pyridine rings is 1. The summed E-state index contributed by atoms with van der Waals surface area (Å²) in [6.45, 7) is 4.84. The fourth-order valence-electron chi connectivity index (χ4n) is 3.93. The molecule has 2 fully saturated rings. The van der Waals surface area contributed by atoms with Crippen molar-refractivity contribution in [3.05, 3.63) is 53.7 Å². The molecule has 2 atom stereocenters. The Bertz CT molecular complexity index is 976. The number of benzene rings is 1. The molecule has 1 amide bonds. The van der Waals surface area contributed by atoms with E-state index in [0.717, 1.165) is 25.2 Å². The van der Waals surface area contributed by atoms with E-state index in [1.165, 1.54) is 5.56 Å².